The number of thiazole rings is 1. The summed E-state index contributed by atoms with van der Waals surface area (Å²) in [4.78, 5) is 5.12. The monoisotopic (exact) mass is 199 g/mol. The van der Waals surface area contributed by atoms with Crippen molar-refractivity contribution in [1.82, 2.24) is 4.98 Å². The Balaban J connectivity index is 1.99. The molecule has 0 amide bonds. The highest BCUT2D eigenvalue weighted by atomic mass is 32.1. The first-order chi connectivity index (χ1) is 6.29. The van der Waals surface area contributed by atoms with Crippen LogP contribution in [0.3, 0.4) is 0 Å². The van der Waals surface area contributed by atoms with Gasteiger partial charge >= 0.3 is 0 Å². The third-order valence-corrected chi connectivity index (χ3v) is 3.07. The summed E-state index contributed by atoms with van der Waals surface area (Å²) in [6, 6.07) is 0. The molecule has 0 aliphatic carbocycles. The minimum Gasteiger partial charge on any atom is -0.387 e. The van der Waals surface area contributed by atoms with Crippen LogP contribution < -0.4 is 0 Å². The summed E-state index contributed by atoms with van der Waals surface area (Å²) in [6.07, 6.45) is 4.29. The fraction of sp³-hybridized carbons (Fsp3) is 0.667. The highest BCUT2D eigenvalue weighted by Crippen LogP contribution is 2.24. The average Bonchev–Trinajstić information content (AvgIpc) is 2.57. The van der Waals surface area contributed by atoms with Gasteiger partial charge in [0.2, 0.25) is 0 Å². The van der Waals surface area contributed by atoms with Crippen LogP contribution in [0.4, 0.5) is 0 Å². The van der Waals surface area contributed by atoms with E-state index in [1.54, 1.807) is 16.8 Å². The molecule has 2 rings (SSSR count). The third kappa shape index (κ3) is 2.27. The Kier molecular flexibility index (Phi) is 2.62. The minimum absolute atomic E-state index is 0.463. The van der Waals surface area contributed by atoms with E-state index in [1.807, 2.05) is 6.20 Å². The summed E-state index contributed by atoms with van der Waals surface area (Å²) in [5.41, 5.74) is 1.15. The molecule has 0 radical (unpaired) electrons. The van der Waals surface area contributed by atoms with Gasteiger partial charge in [0.15, 0.2) is 0 Å². The second-order valence-electron chi connectivity index (χ2n) is 3.53. The Bertz CT molecular complexity index is 255. The molecule has 1 aromatic rings. The Labute approximate surface area is 81.4 Å². The van der Waals surface area contributed by atoms with E-state index in [0.29, 0.717) is 13.0 Å². The van der Waals surface area contributed by atoms with Crippen LogP contribution in [0, 0.1) is 0 Å². The summed E-state index contributed by atoms with van der Waals surface area (Å²) in [6.45, 7) is 1.25. The largest absolute Gasteiger partial charge is 0.387 e. The van der Waals surface area contributed by atoms with Gasteiger partial charge in [-0.25, -0.2) is 0 Å². The summed E-state index contributed by atoms with van der Waals surface area (Å²) >= 11 is 1.59. The van der Waals surface area contributed by atoms with Crippen molar-refractivity contribution in [2.24, 2.45) is 0 Å². The first kappa shape index (κ1) is 9.12. The molecule has 1 fully saturated rings. The third-order valence-electron chi connectivity index (χ3n) is 2.29. The molecular weight excluding hydrogens is 186 g/mol. The van der Waals surface area contributed by atoms with Crippen molar-refractivity contribution in [3.63, 3.8) is 0 Å². The molecule has 1 aromatic heterocycles. The number of aliphatic hydroxyl groups is 1. The molecule has 4 heteroatoms. The van der Waals surface area contributed by atoms with Crippen LogP contribution in [0.2, 0.25) is 0 Å². The van der Waals surface area contributed by atoms with Gasteiger partial charge in [0.05, 0.1) is 17.7 Å². The molecule has 1 N–H and O–H groups in total. The van der Waals surface area contributed by atoms with Crippen LogP contribution in [0.15, 0.2) is 11.7 Å². The molecule has 1 aliphatic heterocycles. The van der Waals surface area contributed by atoms with Crippen LogP contribution in [0.1, 0.15) is 17.7 Å². The molecule has 2 heterocycles. The number of aromatic nitrogens is 1. The first-order valence-electron chi connectivity index (χ1n) is 4.46. The van der Waals surface area contributed by atoms with Crippen LogP contribution in [-0.2, 0) is 11.2 Å². The normalized spacial score (nSPS) is 29.0. The van der Waals surface area contributed by atoms with Gasteiger partial charge in [0.1, 0.15) is 0 Å². The predicted octanol–water partition coefficient (Wildman–Crippen LogP) is 1.23. The summed E-state index contributed by atoms with van der Waals surface area (Å²) < 4.78 is 5.27. The van der Waals surface area contributed by atoms with Gasteiger partial charge in [-0.2, -0.15) is 0 Å². The predicted molar refractivity (Wildman–Crippen MR) is 50.8 cm³/mol. The van der Waals surface area contributed by atoms with E-state index >= 15 is 0 Å². The lowest BCUT2D eigenvalue weighted by atomic mass is 9.93. The highest BCUT2D eigenvalue weighted by molar-refractivity contribution is 7.09. The van der Waals surface area contributed by atoms with Crippen molar-refractivity contribution in [3.8, 4) is 0 Å². The number of hydrogen-bond acceptors (Lipinski definition) is 4. The topological polar surface area (TPSA) is 42.4 Å². The van der Waals surface area contributed by atoms with Crippen molar-refractivity contribution >= 4 is 11.3 Å². The van der Waals surface area contributed by atoms with E-state index < -0.39 is 5.60 Å². The molecule has 0 bridgehead atoms. The zero-order valence-electron chi connectivity index (χ0n) is 7.40. The van der Waals surface area contributed by atoms with E-state index in [-0.39, 0.29) is 0 Å². The molecule has 0 spiro atoms. The summed E-state index contributed by atoms with van der Waals surface area (Å²) in [5, 5.41) is 10.1. The number of rotatable bonds is 2. The van der Waals surface area contributed by atoms with E-state index in [0.717, 1.165) is 24.3 Å². The van der Waals surface area contributed by atoms with Crippen molar-refractivity contribution in [1.29, 1.82) is 0 Å². The van der Waals surface area contributed by atoms with Crippen molar-refractivity contribution in [2.45, 2.75) is 24.9 Å². The lowest BCUT2D eigenvalue weighted by Crippen LogP contribution is -2.40. The maximum absolute atomic E-state index is 10.1. The molecule has 1 saturated heterocycles. The lowest BCUT2D eigenvalue weighted by Gasteiger charge is -2.31. The van der Waals surface area contributed by atoms with Crippen LogP contribution in [-0.4, -0.2) is 28.9 Å². The van der Waals surface area contributed by atoms with E-state index in [4.69, 9.17) is 4.74 Å². The molecule has 0 saturated carbocycles. The highest BCUT2D eigenvalue weighted by Gasteiger charge is 2.30. The smallest absolute Gasteiger partial charge is 0.0929 e. The fourth-order valence-electron chi connectivity index (χ4n) is 1.63. The van der Waals surface area contributed by atoms with Crippen LogP contribution >= 0.6 is 11.3 Å². The van der Waals surface area contributed by atoms with Gasteiger partial charge in [-0.1, -0.05) is 0 Å². The van der Waals surface area contributed by atoms with Gasteiger partial charge in [-0.05, 0) is 12.8 Å². The number of ether oxygens (including phenoxy) is 1. The van der Waals surface area contributed by atoms with E-state index in [1.165, 1.54) is 0 Å². The van der Waals surface area contributed by atoms with Gasteiger partial charge in [0.25, 0.3) is 0 Å². The molecule has 1 atom stereocenters. The molecule has 3 nitrogen and oxygen atoms in total. The van der Waals surface area contributed by atoms with Gasteiger partial charge in [-0.3, -0.25) is 4.98 Å². The summed E-state index contributed by atoms with van der Waals surface area (Å²) in [5.74, 6) is 0. The number of nitrogens with zero attached hydrogens (tertiary/aromatic N) is 1. The second-order valence-corrected chi connectivity index (χ2v) is 4.50. The van der Waals surface area contributed by atoms with Crippen molar-refractivity contribution in [2.75, 3.05) is 13.2 Å². The first-order valence-corrected chi connectivity index (χ1v) is 5.34. The van der Waals surface area contributed by atoms with Crippen LogP contribution in [0.25, 0.3) is 0 Å². The zero-order valence-corrected chi connectivity index (χ0v) is 8.22. The maximum Gasteiger partial charge on any atom is 0.0929 e. The maximum atomic E-state index is 10.1. The quantitative estimate of drug-likeness (QED) is 0.779. The zero-order chi connectivity index (χ0) is 9.15. The second kappa shape index (κ2) is 3.74. The minimum atomic E-state index is -0.648. The SMILES string of the molecule is OC1(Cc2cncs2)CCCOC1. The Morgan fingerprint density at radius 3 is 3.23 bits per heavy atom. The standard InChI is InChI=1S/C9H13NO2S/c11-9(2-1-3-12-6-9)4-8-5-10-7-13-8/h5,7,11H,1-4,6H2. The molecular formula is C9H13NO2S. The van der Waals surface area contributed by atoms with Gasteiger partial charge < -0.3 is 9.84 Å². The van der Waals surface area contributed by atoms with E-state index in [2.05, 4.69) is 4.98 Å². The number of hydrogen-bond donors (Lipinski definition) is 1. The van der Waals surface area contributed by atoms with Crippen LogP contribution in [0.5, 0.6) is 0 Å². The Morgan fingerprint density at radius 1 is 1.69 bits per heavy atom. The van der Waals surface area contributed by atoms with Gasteiger partial charge in [-0.15, -0.1) is 11.3 Å². The molecule has 13 heavy (non-hydrogen) atoms. The molecule has 1 unspecified atom stereocenters. The fourth-order valence-corrected chi connectivity index (χ4v) is 2.36. The van der Waals surface area contributed by atoms with Crippen molar-refractivity contribution < 1.29 is 9.84 Å². The lowest BCUT2D eigenvalue weighted by molar-refractivity contribution is -0.0841. The average molecular weight is 199 g/mol. The Hall–Kier alpha value is -0.450. The molecule has 1 aliphatic rings. The summed E-state index contributed by atoms with van der Waals surface area (Å²) in [7, 11) is 0. The van der Waals surface area contributed by atoms with Crippen molar-refractivity contribution in [3.05, 3.63) is 16.6 Å². The van der Waals surface area contributed by atoms with Gasteiger partial charge in [0, 0.05) is 24.1 Å². The molecule has 72 valence electrons. The van der Waals surface area contributed by atoms with E-state index in [9.17, 15) is 5.11 Å². The Morgan fingerprint density at radius 2 is 2.62 bits per heavy atom. The molecule has 0 aromatic carbocycles.